The first-order valence-corrected chi connectivity index (χ1v) is 5.85. The minimum absolute atomic E-state index is 1.16. The molecule has 0 atom stereocenters. The summed E-state index contributed by atoms with van der Waals surface area (Å²) in [5, 5.41) is 15.2. The van der Waals surface area contributed by atoms with Crippen molar-refractivity contribution in [2.45, 2.75) is 8.57 Å². The van der Waals surface area contributed by atoms with Gasteiger partial charge in [-0.15, -0.1) is 6.42 Å². The van der Waals surface area contributed by atoms with Crippen molar-refractivity contribution in [2.75, 3.05) is 0 Å². The van der Waals surface area contributed by atoms with Gasteiger partial charge in [-0.2, -0.15) is 17.6 Å². The minimum Gasteiger partial charge on any atom is -0.472 e. The van der Waals surface area contributed by atoms with Crippen LogP contribution < -0.4 is 0 Å². The van der Waals surface area contributed by atoms with Crippen LogP contribution in [0.4, 0.5) is 17.6 Å². The summed E-state index contributed by atoms with van der Waals surface area (Å²) in [7, 11) is 0. The van der Waals surface area contributed by atoms with E-state index in [0.29, 0.717) is 0 Å². The van der Waals surface area contributed by atoms with Gasteiger partial charge in [-0.1, -0.05) is 0 Å². The summed E-state index contributed by atoms with van der Waals surface area (Å²) < 4.78 is 42.0. The van der Waals surface area contributed by atoms with Gasteiger partial charge in [0, 0.05) is 59.6 Å². The smallest absolute Gasteiger partial charge is 0.382 e. The fourth-order valence-corrected chi connectivity index (χ4v) is 0.223. The van der Waals surface area contributed by atoms with E-state index in [2.05, 4.69) is 6.42 Å². The van der Waals surface area contributed by atoms with Gasteiger partial charge in [0.05, 0.1) is 0 Å². The van der Waals surface area contributed by atoms with E-state index in [1.54, 1.807) is 0 Å². The van der Waals surface area contributed by atoms with Crippen LogP contribution in [0, 0.1) is 24.2 Å². The number of alkyl halides is 7. The Morgan fingerprint density at radius 2 is 1.26 bits per heavy atom. The maximum atomic E-state index is 11.6. The number of carboxylic acids is 2. The number of hydrogen-bond donors (Lipinski definition) is 2. The average Bonchev–Trinajstić information content (AvgIpc) is 2.12. The number of hydrogen-bond acceptors (Lipinski definition) is 2. The molecule has 0 saturated carbocycles. The van der Waals surface area contributed by atoms with Crippen molar-refractivity contribution in [3.8, 4) is 24.2 Å². The molecule has 0 fully saturated rings. The summed E-state index contributed by atoms with van der Waals surface area (Å²) in [5.74, 6) is 1.06. The van der Waals surface area contributed by atoms with Gasteiger partial charge in [0.1, 0.15) is 0 Å². The molecular weight excluding hydrogens is 476 g/mol. The Balaban J connectivity index is -0.000000219. The number of aliphatic carboxylic acids is 2. The van der Waals surface area contributed by atoms with E-state index < -0.39 is 20.5 Å². The highest BCUT2D eigenvalue weighted by molar-refractivity contribution is 9.25. The molecule has 0 aromatic rings. The molecule has 0 aromatic carbocycles. The fourth-order valence-electron chi connectivity index (χ4n) is 0.124. The maximum Gasteiger partial charge on any atom is 0.382 e. The van der Waals surface area contributed by atoms with Crippen LogP contribution in [0.1, 0.15) is 0 Å². The Bertz CT molecular complexity index is 391. The van der Waals surface area contributed by atoms with Crippen LogP contribution in [-0.4, -0.2) is 30.7 Å². The van der Waals surface area contributed by atoms with Crippen molar-refractivity contribution < 1.29 is 37.4 Å². The minimum atomic E-state index is -3.40. The van der Waals surface area contributed by atoms with Crippen LogP contribution in [0.3, 0.4) is 0 Å². The molecule has 0 radical (unpaired) electrons. The quantitative estimate of drug-likeness (QED) is 0.319. The third kappa shape index (κ3) is 76.5. The van der Waals surface area contributed by atoms with E-state index in [0.717, 1.165) is 5.92 Å². The second-order valence-corrected chi connectivity index (χ2v) is 5.98. The third-order valence-electron chi connectivity index (χ3n) is 0.435. The zero-order valence-electron chi connectivity index (χ0n) is 8.43. The molecule has 4 nitrogen and oxygen atoms in total. The lowest BCUT2D eigenvalue weighted by Gasteiger charge is -1.92. The van der Waals surface area contributed by atoms with Crippen LogP contribution in [0.5, 0.6) is 0 Å². The van der Waals surface area contributed by atoms with Crippen molar-refractivity contribution in [3.05, 3.63) is 0 Å². The van der Waals surface area contributed by atoms with E-state index >= 15 is 0 Å². The second-order valence-electron chi connectivity index (χ2n) is 1.93. The normalized spacial score (nSPS) is 9.16. The maximum absolute atomic E-state index is 11.6. The molecule has 108 valence electrons. The summed E-state index contributed by atoms with van der Waals surface area (Å²) in [6, 6.07) is 0. The van der Waals surface area contributed by atoms with Crippen LogP contribution in [0.15, 0.2) is 0 Å². The third-order valence-corrected chi connectivity index (χ3v) is 0.633. The molecular formula is C8H3Br3F4O4. The van der Waals surface area contributed by atoms with Crippen molar-refractivity contribution in [2.24, 2.45) is 0 Å². The Kier molecular flexibility index (Phi) is 13.6. The number of carbonyl (C=O) groups is 2. The van der Waals surface area contributed by atoms with Gasteiger partial charge in [-0.3, -0.25) is 0 Å². The van der Waals surface area contributed by atoms with Gasteiger partial charge in [-0.05, 0) is 5.92 Å². The zero-order chi connectivity index (χ0) is 16.3. The van der Waals surface area contributed by atoms with Gasteiger partial charge in [-0.25, -0.2) is 9.59 Å². The molecule has 0 aliphatic rings. The largest absolute Gasteiger partial charge is 0.472 e. The van der Waals surface area contributed by atoms with Gasteiger partial charge in [0.15, 0.2) is 0 Å². The summed E-state index contributed by atoms with van der Waals surface area (Å²) in [6.07, 6.45) is 4.32. The Hall–Kier alpha value is -0.780. The highest BCUT2D eigenvalue weighted by Crippen LogP contribution is 2.28. The lowest BCUT2D eigenvalue weighted by atomic mass is 10.6. The van der Waals surface area contributed by atoms with E-state index in [1.165, 1.54) is 11.8 Å². The number of halogens is 7. The van der Waals surface area contributed by atoms with E-state index in [-0.39, 0.29) is 0 Å². The van der Waals surface area contributed by atoms with Gasteiger partial charge in [0.2, 0.25) is 0 Å². The second kappa shape index (κ2) is 11.1. The van der Waals surface area contributed by atoms with Crippen molar-refractivity contribution >= 4 is 59.7 Å². The Morgan fingerprint density at radius 3 is 1.32 bits per heavy atom. The Morgan fingerprint density at radius 1 is 1.00 bits per heavy atom. The summed E-state index contributed by atoms with van der Waals surface area (Å²) in [5.41, 5.74) is 0. The summed E-state index contributed by atoms with van der Waals surface area (Å²) in [6.45, 7) is 0. The predicted octanol–water partition coefficient (Wildman–Crippen LogP) is 3.09. The van der Waals surface area contributed by atoms with Gasteiger partial charge >= 0.3 is 20.5 Å². The monoisotopic (exact) mass is 476 g/mol. The molecule has 19 heavy (non-hydrogen) atoms. The van der Waals surface area contributed by atoms with Gasteiger partial charge in [0.25, 0.3) is 0 Å². The van der Waals surface area contributed by atoms with E-state index in [4.69, 9.17) is 15.0 Å². The molecule has 0 aromatic heterocycles. The molecule has 0 rings (SSSR count). The van der Waals surface area contributed by atoms with Crippen LogP contribution in [0.2, 0.25) is 0 Å². The molecule has 0 bridgehead atoms. The summed E-state index contributed by atoms with van der Waals surface area (Å²) in [4.78, 5) is 15.3. The predicted molar refractivity (Wildman–Crippen MR) is 68.6 cm³/mol. The number of terminal acetylenes is 1. The molecule has 0 aliphatic heterocycles. The molecule has 0 unspecified atom stereocenters. The lowest BCUT2D eigenvalue weighted by molar-refractivity contribution is -0.131. The lowest BCUT2D eigenvalue weighted by Crippen LogP contribution is -2.00. The molecule has 0 spiro atoms. The first-order valence-electron chi connectivity index (χ1n) is 3.47. The Labute approximate surface area is 129 Å². The average molecular weight is 479 g/mol. The summed E-state index contributed by atoms with van der Waals surface area (Å²) >= 11 is 5.75. The zero-order valence-corrected chi connectivity index (χ0v) is 13.2. The SMILES string of the molecule is C#CC(=O)O.FC(F)(Br)Br.O=C(O)C#CC(F)(F)Br. The fraction of sp³-hybridized carbons (Fsp3) is 0.250. The standard InChI is InChI=1S/C4HBrF2O2.C3H2O2.CBr2F2/c5-4(6,7)2-1-3(8)9;1-2-3(4)5;2-1(3,4)5/h(H,8,9);1H,(H,4,5);. The number of carboxylic acid groups (broad SMARTS) is 2. The van der Waals surface area contributed by atoms with Crippen LogP contribution in [0.25, 0.3) is 0 Å². The van der Waals surface area contributed by atoms with Crippen molar-refractivity contribution in [1.82, 2.24) is 0 Å². The molecule has 11 heteroatoms. The van der Waals surface area contributed by atoms with E-state index in [9.17, 15) is 22.4 Å². The van der Waals surface area contributed by atoms with E-state index in [1.807, 2.05) is 47.8 Å². The van der Waals surface area contributed by atoms with Crippen LogP contribution >= 0.6 is 47.8 Å². The molecule has 2 N–H and O–H groups in total. The van der Waals surface area contributed by atoms with Crippen molar-refractivity contribution in [3.63, 3.8) is 0 Å². The highest BCUT2D eigenvalue weighted by Gasteiger charge is 2.19. The number of rotatable bonds is 0. The molecule has 0 heterocycles. The first-order chi connectivity index (χ1) is 8.19. The topological polar surface area (TPSA) is 74.6 Å². The molecule has 0 aliphatic carbocycles. The molecule has 0 saturated heterocycles. The highest BCUT2D eigenvalue weighted by atomic mass is 79.9. The van der Waals surface area contributed by atoms with Crippen molar-refractivity contribution in [1.29, 1.82) is 0 Å². The molecule has 0 amide bonds. The first kappa shape index (κ1) is 23.3. The van der Waals surface area contributed by atoms with Crippen LogP contribution in [-0.2, 0) is 9.59 Å². The van der Waals surface area contributed by atoms with Gasteiger partial charge < -0.3 is 10.2 Å².